The molecule has 1 unspecified atom stereocenters. The lowest BCUT2D eigenvalue weighted by Gasteiger charge is -2.06. The third kappa shape index (κ3) is 2.36. The predicted molar refractivity (Wildman–Crippen MR) is 68.2 cm³/mol. The maximum atomic E-state index is 5.86. The molecule has 4 heteroatoms. The van der Waals surface area contributed by atoms with Gasteiger partial charge in [0.2, 0.25) is 0 Å². The Morgan fingerprint density at radius 3 is 2.71 bits per heavy atom. The Bertz CT molecular complexity index is 500. The molecule has 2 N–H and O–H groups in total. The van der Waals surface area contributed by atoms with Crippen LogP contribution in [0.2, 0.25) is 0 Å². The van der Waals surface area contributed by atoms with Gasteiger partial charge in [0.1, 0.15) is 0 Å². The molecule has 0 saturated carbocycles. The third-order valence-corrected chi connectivity index (χ3v) is 2.83. The smallest absolute Gasteiger partial charge is 0.153 e. The van der Waals surface area contributed by atoms with Crippen LogP contribution in [0.4, 0.5) is 0 Å². The van der Waals surface area contributed by atoms with Crippen LogP contribution >= 0.6 is 0 Å². The highest BCUT2D eigenvalue weighted by Crippen LogP contribution is 2.17. The van der Waals surface area contributed by atoms with E-state index in [1.54, 1.807) is 6.20 Å². The number of hydrogen-bond donors (Lipinski definition) is 1. The van der Waals surface area contributed by atoms with Gasteiger partial charge in [-0.25, -0.2) is 9.67 Å². The molecule has 0 aliphatic rings. The van der Waals surface area contributed by atoms with Crippen LogP contribution < -0.4 is 5.73 Å². The fourth-order valence-electron chi connectivity index (χ4n) is 1.99. The van der Waals surface area contributed by atoms with Gasteiger partial charge in [-0.3, -0.25) is 0 Å². The molecule has 0 aliphatic heterocycles. The van der Waals surface area contributed by atoms with Crippen molar-refractivity contribution in [2.45, 2.75) is 33.2 Å². The molecule has 2 aromatic rings. The van der Waals surface area contributed by atoms with Gasteiger partial charge in [0.25, 0.3) is 0 Å². The van der Waals surface area contributed by atoms with E-state index in [9.17, 15) is 0 Å². The van der Waals surface area contributed by atoms with E-state index in [4.69, 9.17) is 5.73 Å². The van der Waals surface area contributed by atoms with E-state index in [1.807, 2.05) is 36.7 Å². The van der Waals surface area contributed by atoms with E-state index in [2.05, 4.69) is 17.0 Å². The highest BCUT2D eigenvalue weighted by molar-refractivity contribution is 5.32. The van der Waals surface area contributed by atoms with E-state index in [0.29, 0.717) is 0 Å². The number of nitrogens with two attached hydrogens (primary N) is 1. The fraction of sp³-hybridized carbons (Fsp3) is 0.385. The molecule has 90 valence electrons. The molecule has 0 radical (unpaired) electrons. The molecular weight excluding hydrogens is 212 g/mol. The number of pyridine rings is 1. The summed E-state index contributed by atoms with van der Waals surface area (Å²) >= 11 is 0. The van der Waals surface area contributed by atoms with Crippen LogP contribution in [0.5, 0.6) is 0 Å². The van der Waals surface area contributed by atoms with Crippen LogP contribution in [0.15, 0.2) is 24.4 Å². The molecule has 17 heavy (non-hydrogen) atoms. The zero-order valence-electron chi connectivity index (χ0n) is 10.5. The van der Waals surface area contributed by atoms with Crippen molar-refractivity contribution >= 4 is 0 Å². The number of rotatable bonds is 3. The molecule has 0 saturated heterocycles. The molecule has 4 nitrogen and oxygen atoms in total. The highest BCUT2D eigenvalue weighted by Gasteiger charge is 2.14. The summed E-state index contributed by atoms with van der Waals surface area (Å²) in [6, 6.07) is 5.96. The minimum Gasteiger partial charge on any atom is -0.328 e. The van der Waals surface area contributed by atoms with Gasteiger partial charge in [-0.05, 0) is 44.9 Å². The molecule has 0 amide bonds. The summed E-state index contributed by atoms with van der Waals surface area (Å²) in [5.74, 6) is 0.851. The van der Waals surface area contributed by atoms with Gasteiger partial charge in [0, 0.05) is 17.9 Å². The molecule has 2 heterocycles. The SMILES string of the molecule is Cc1nn(-c2ccccn2)c(C)c1CC(C)N. The minimum atomic E-state index is 0.147. The molecule has 2 aromatic heterocycles. The first-order valence-electron chi connectivity index (χ1n) is 5.81. The van der Waals surface area contributed by atoms with Crippen molar-refractivity contribution in [2.75, 3.05) is 0 Å². The first-order valence-corrected chi connectivity index (χ1v) is 5.81. The van der Waals surface area contributed by atoms with Crippen molar-refractivity contribution in [2.24, 2.45) is 5.73 Å². The maximum absolute atomic E-state index is 5.86. The Hall–Kier alpha value is -1.68. The van der Waals surface area contributed by atoms with Crippen molar-refractivity contribution < 1.29 is 0 Å². The van der Waals surface area contributed by atoms with Crippen molar-refractivity contribution in [3.8, 4) is 5.82 Å². The van der Waals surface area contributed by atoms with Crippen molar-refractivity contribution in [3.05, 3.63) is 41.3 Å². The van der Waals surface area contributed by atoms with Gasteiger partial charge in [-0.15, -0.1) is 0 Å². The number of hydrogen-bond acceptors (Lipinski definition) is 3. The van der Waals surface area contributed by atoms with E-state index in [-0.39, 0.29) is 6.04 Å². The highest BCUT2D eigenvalue weighted by atomic mass is 15.3. The second kappa shape index (κ2) is 4.67. The minimum absolute atomic E-state index is 0.147. The zero-order chi connectivity index (χ0) is 12.4. The summed E-state index contributed by atoms with van der Waals surface area (Å²) < 4.78 is 1.88. The van der Waals surface area contributed by atoms with Crippen molar-refractivity contribution in [1.82, 2.24) is 14.8 Å². The Labute approximate surface area is 101 Å². The largest absolute Gasteiger partial charge is 0.328 e. The van der Waals surface area contributed by atoms with Crippen molar-refractivity contribution in [1.29, 1.82) is 0 Å². The second-order valence-electron chi connectivity index (χ2n) is 4.43. The van der Waals surface area contributed by atoms with Crippen molar-refractivity contribution in [3.63, 3.8) is 0 Å². The number of aryl methyl sites for hydroxylation is 1. The predicted octanol–water partition coefficient (Wildman–Crippen LogP) is 1.77. The summed E-state index contributed by atoms with van der Waals surface area (Å²) in [7, 11) is 0. The average molecular weight is 230 g/mol. The lowest BCUT2D eigenvalue weighted by molar-refractivity contribution is 0.730. The summed E-state index contributed by atoms with van der Waals surface area (Å²) in [4.78, 5) is 4.31. The van der Waals surface area contributed by atoms with Gasteiger partial charge in [-0.2, -0.15) is 5.10 Å². The van der Waals surface area contributed by atoms with Gasteiger partial charge in [-0.1, -0.05) is 6.07 Å². The van der Waals surface area contributed by atoms with E-state index < -0.39 is 0 Å². The molecule has 1 atom stereocenters. The molecule has 0 aromatic carbocycles. The first-order chi connectivity index (χ1) is 8.09. The Morgan fingerprint density at radius 1 is 1.35 bits per heavy atom. The Morgan fingerprint density at radius 2 is 2.12 bits per heavy atom. The molecule has 0 bridgehead atoms. The second-order valence-corrected chi connectivity index (χ2v) is 4.43. The summed E-state index contributed by atoms with van der Waals surface area (Å²) in [6.07, 6.45) is 2.63. The molecule has 0 spiro atoms. The Balaban J connectivity index is 2.44. The standard InChI is InChI=1S/C13H18N4/c1-9(14)8-12-10(2)16-17(11(12)3)13-6-4-5-7-15-13/h4-7,9H,8,14H2,1-3H3. The monoisotopic (exact) mass is 230 g/mol. The maximum Gasteiger partial charge on any atom is 0.153 e. The zero-order valence-corrected chi connectivity index (χ0v) is 10.5. The number of nitrogens with zero attached hydrogens (tertiary/aromatic N) is 3. The normalized spacial score (nSPS) is 12.7. The van der Waals surface area contributed by atoms with Gasteiger partial charge in [0.15, 0.2) is 5.82 Å². The van der Waals surface area contributed by atoms with Gasteiger partial charge < -0.3 is 5.73 Å². The van der Waals surface area contributed by atoms with Crippen LogP contribution in [-0.2, 0) is 6.42 Å². The lowest BCUT2D eigenvalue weighted by atomic mass is 10.1. The molecule has 0 fully saturated rings. The summed E-state index contributed by atoms with van der Waals surface area (Å²) in [6.45, 7) is 6.09. The van der Waals surface area contributed by atoms with E-state index in [0.717, 1.165) is 23.6 Å². The molecular formula is C13H18N4. The first kappa shape index (κ1) is 11.8. The van der Waals surface area contributed by atoms with Crippen LogP contribution in [-0.4, -0.2) is 20.8 Å². The topological polar surface area (TPSA) is 56.7 Å². The van der Waals surface area contributed by atoms with Gasteiger partial charge in [0.05, 0.1) is 5.69 Å². The lowest BCUT2D eigenvalue weighted by Crippen LogP contribution is -2.18. The van der Waals surface area contributed by atoms with Crippen LogP contribution in [0, 0.1) is 13.8 Å². The number of aromatic nitrogens is 3. The summed E-state index contributed by atoms with van der Waals surface area (Å²) in [5, 5.41) is 4.53. The fourth-order valence-corrected chi connectivity index (χ4v) is 1.99. The van der Waals surface area contributed by atoms with Crippen LogP contribution in [0.1, 0.15) is 23.9 Å². The quantitative estimate of drug-likeness (QED) is 0.874. The van der Waals surface area contributed by atoms with Crippen LogP contribution in [0.25, 0.3) is 5.82 Å². The summed E-state index contributed by atoms with van der Waals surface area (Å²) in [5.41, 5.74) is 9.24. The average Bonchev–Trinajstić information content (AvgIpc) is 2.58. The Kier molecular flexibility index (Phi) is 3.24. The van der Waals surface area contributed by atoms with Gasteiger partial charge >= 0.3 is 0 Å². The third-order valence-electron chi connectivity index (χ3n) is 2.83. The molecule has 0 aliphatic carbocycles. The van der Waals surface area contributed by atoms with E-state index in [1.165, 1.54) is 5.56 Å². The van der Waals surface area contributed by atoms with Crippen LogP contribution in [0.3, 0.4) is 0 Å². The molecule has 2 rings (SSSR count). The van der Waals surface area contributed by atoms with E-state index >= 15 is 0 Å².